The number of ether oxygens (including phenoxy) is 4. The normalized spacial score (nSPS) is 22.2. The largest absolute Gasteiger partial charge is 0.459 e. The molecule has 3 rings (SSSR count). The zero-order valence-electron chi connectivity index (χ0n) is 17.3. The number of thioether (sulfide) groups is 1. The summed E-state index contributed by atoms with van der Waals surface area (Å²) >= 11 is 7.00. The summed E-state index contributed by atoms with van der Waals surface area (Å²) in [4.78, 5) is 37.0. The first kappa shape index (κ1) is 24.1. The molecular weight excluding hydrogens is 456 g/mol. The highest BCUT2D eigenvalue weighted by Crippen LogP contribution is 2.34. The van der Waals surface area contributed by atoms with Crippen LogP contribution in [0.4, 0.5) is 0 Å². The van der Waals surface area contributed by atoms with Crippen molar-refractivity contribution in [3.8, 4) is 0 Å². The fourth-order valence-corrected chi connectivity index (χ4v) is 4.17. The monoisotopic (exact) mass is 478 g/mol. The van der Waals surface area contributed by atoms with Gasteiger partial charge in [0.25, 0.3) is 0 Å². The van der Waals surface area contributed by atoms with Crippen molar-refractivity contribution < 1.29 is 33.3 Å². The molecule has 1 aliphatic heterocycles. The molecule has 0 saturated carbocycles. The zero-order valence-corrected chi connectivity index (χ0v) is 18.9. The van der Waals surface area contributed by atoms with Crippen molar-refractivity contribution in [1.29, 1.82) is 0 Å². The van der Waals surface area contributed by atoms with Crippen molar-refractivity contribution in [1.82, 2.24) is 0 Å². The van der Waals surface area contributed by atoms with Crippen LogP contribution in [0.25, 0.3) is 0 Å². The lowest BCUT2D eigenvalue weighted by atomic mass is 10.1. The molecule has 2 aromatic carbocycles. The Bertz CT molecular complexity index is 909. The topological polar surface area (TPSA) is 88.1 Å². The second kappa shape index (κ2) is 11.9. The Labute approximate surface area is 195 Å². The number of carbonyl (C=O) groups is 3. The molecule has 170 valence electrons. The molecule has 1 heterocycles. The van der Waals surface area contributed by atoms with Crippen molar-refractivity contribution >= 4 is 41.3 Å². The zero-order chi connectivity index (χ0) is 22.9. The second-order valence-electron chi connectivity index (χ2n) is 6.79. The van der Waals surface area contributed by atoms with Gasteiger partial charge in [-0.2, -0.15) is 0 Å². The number of alkyl halides is 1. The van der Waals surface area contributed by atoms with Crippen LogP contribution in [0.5, 0.6) is 0 Å². The predicted octanol–water partition coefficient (Wildman–Crippen LogP) is 3.70. The van der Waals surface area contributed by atoms with Crippen molar-refractivity contribution in [3.63, 3.8) is 0 Å². The molecule has 0 radical (unpaired) electrons. The van der Waals surface area contributed by atoms with Gasteiger partial charge in [0.15, 0.2) is 12.2 Å². The Balaban J connectivity index is 1.78. The fraction of sp³-hybridized carbons (Fsp3) is 0.348. The van der Waals surface area contributed by atoms with Gasteiger partial charge in [0, 0.05) is 0 Å². The standard InChI is InChI=1S/C23H23ClO7S/c1-2-32-23-20(30-18(25)13-24)19(31-22(27)16-11-7-4-8-12-16)17(29-23)14-28-21(26)15-9-5-3-6-10-15/h3-12,17,19-20,23H,2,13-14H2,1H3/t17-,19-,20+,23-/m1/s1. The molecule has 2 aromatic rings. The summed E-state index contributed by atoms with van der Waals surface area (Å²) in [6.45, 7) is 1.73. The van der Waals surface area contributed by atoms with Gasteiger partial charge in [0.2, 0.25) is 0 Å². The third-order valence-electron chi connectivity index (χ3n) is 4.62. The highest BCUT2D eigenvalue weighted by molar-refractivity contribution is 7.99. The van der Waals surface area contributed by atoms with Gasteiger partial charge >= 0.3 is 17.9 Å². The number of esters is 3. The van der Waals surface area contributed by atoms with Crippen molar-refractivity contribution in [2.45, 2.75) is 30.7 Å². The molecule has 0 aromatic heterocycles. The number of hydrogen-bond donors (Lipinski definition) is 0. The van der Waals surface area contributed by atoms with E-state index < -0.39 is 41.7 Å². The molecule has 1 fully saturated rings. The quantitative estimate of drug-likeness (QED) is 0.306. The average molecular weight is 479 g/mol. The highest BCUT2D eigenvalue weighted by Gasteiger charge is 2.50. The van der Waals surface area contributed by atoms with Crippen LogP contribution in [-0.2, 0) is 23.7 Å². The summed E-state index contributed by atoms with van der Waals surface area (Å²) in [6, 6.07) is 16.9. The van der Waals surface area contributed by atoms with Crippen LogP contribution in [0.1, 0.15) is 27.6 Å². The van der Waals surface area contributed by atoms with E-state index in [0.717, 1.165) is 0 Å². The lowest BCUT2D eigenvalue weighted by Gasteiger charge is -2.24. The first-order valence-corrected chi connectivity index (χ1v) is 11.6. The van der Waals surface area contributed by atoms with Crippen LogP contribution in [0.15, 0.2) is 60.7 Å². The molecule has 1 aliphatic rings. The van der Waals surface area contributed by atoms with E-state index in [4.69, 9.17) is 30.5 Å². The van der Waals surface area contributed by atoms with Gasteiger partial charge in [-0.05, 0) is 30.0 Å². The Morgan fingerprint density at radius 1 is 0.906 bits per heavy atom. The lowest BCUT2D eigenvalue weighted by Crippen LogP contribution is -2.41. The minimum Gasteiger partial charge on any atom is -0.459 e. The van der Waals surface area contributed by atoms with Gasteiger partial charge in [0.1, 0.15) is 24.0 Å². The number of hydrogen-bond acceptors (Lipinski definition) is 8. The Hall–Kier alpha value is -2.55. The predicted molar refractivity (Wildman–Crippen MR) is 120 cm³/mol. The molecule has 9 heteroatoms. The molecule has 0 amide bonds. The fourth-order valence-electron chi connectivity index (χ4n) is 3.16. The van der Waals surface area contributed by atoms with E-state index in [9.17, 15) is 14.4 Å². The second-order valence-corrected chi connectivity index (χ2v) is 8.43. The van der Waals surface area contributed by atoms with Crippen LogP contribution in [0.2, 0.25) is 0 Å². The van der Waals surface area contributed by atoms with Gasteiger partial charge in [-0.25, -0.2) is 9.59 Å². The van der Waals surface area contributed by atoms with Gasteiger partial charge in [0.05, 0.1) is 11.1 Å². The Morgan fingerprint density at radius 2 is 1.50 bits per heavy atom. The molecule has 0 aliphatic carbocycles. The number of benzene rings is 2. The molecule has 0 bridgehead atoms. The minimum absolute atomic E-state index is 0.184. The van der Waals surface area contributed by atoms with Crippen LogP contribution >= 0.6 is 23.4 Å². The lowest BCUT2D eigenvalue weighted by molar-refractivity contribution is -0.150. The summed E-state index contributed by atoms with van der Waals surface area (Å²) in [5.41, 5.74) is 0.107. The number of rotatable bonds is 9. The van der Waals surface area contributed by atoms with E-state index in [1.807, 2.05) is 6.92 Å². The molecule has 0 N–H and O–H groups in total. The summed E-state index contributed by atoms with van der Waals surface area (Å²) < 4.78 is 22.5. The molecule has 7 nitrogen and oxygen atoms in total. The van der Waals surface area contributed by atoms with E-state index in [1.165, 1.54) is 11.8 Å². The van der Waals surface area contributed by atoms with E-state index in [2.05, 4.69) is 0 Å². The molecule has 4 atom stereocenters. The number of carbonyl (C=O) groups excluding carboxylic acids is 3. The van der Waals surface area contributed by atoms with Gasteiger partial charge in [-0.15, -0.1) is 23.4 Å². The van der Waals surface area contributed by atoms with Crippen LogP contribution in [-0.4, -0.2) is 59.9 Å². The van der Waals surface area contributed by atoms with Gasteiger partial charge in [-0.3, -0.25) is 4.79 Å². The molecule has 0 spiro atoms. The minimum atomic E-state index is -0.984. The highest BCUT2D eigenvalue weighted by atomic mass is 35.5. The number of halogens is 1. The summed E-state index contributed by atoms with van der Waals surface area (Å²) in [6.07, 6.45) is -2.71. The van der Waals surface area contributed by atoms with E-state index in [0.29, 0.717) is 16.9 Å². The molecule has 1 saturated heterocycles. The average Bonchev–Trinajstić information content (AvgIpc) is 3.14. The molecule has 32 heavy (non-hydrogen) atoms. The van der Waals surface area contributed by atoms with E-state index >= 15 is 0 Å². The maximum atomic E-state index is 12.7. The smallest absolute Gasteiger partial charge is 0.338 e. The molecular formula is C23H23ClO7S. The van der Waals surface area contributed by atoms with E-state index in [-0.39, 0.29) is 12.5 Å². The maximum absolute atomic E-state index is 12.7. The van der Waals surface area contributed by atoms with Crippen LogP contribution in [0, 0.1) is 0 Å². The maximum Gasteiger partial charge on any atom is 0.338 e. The summed E-state index contributed by atoms with van der Waals surface area (Å²) in [5, 5.41) is 0. The third-order valence-corrected chi connectivity index (χ3v) is 5.88. The SMILES string of the molecule is CCS[C@H]1O[C@H](COC(=O)c2ccccc2)[C@@H](OC(=O)c2ccccc2)[C@@H]1OC(=O)CCl. The van der Waals surface area contributed by atoms with Crippen molar-refractivity contribution in [2.75, 3.05) is 18.2 Å². The summed E-state index contributed by atoms with van der Waals surface area (Å²) in [7, 11) is 0. The Kier molecular flexibility index (Phi) is 8.96. The van der Waals surface area contributed by atoms with Crippen LogP contribution < -0.4 is 0 Å². The van der Waals surface area contributed by atoms with Crippen LogP contribution in [0.3, 0.4) is 0 Å². The van der Waals surface area contributed by atoms with Crippen molar-refractivity contribution in [2.24, 2.45) is 0 Å². The van der Waals surface area contributed by atoms with Gasteiger partial charge < -0.3 is 18.9 Å². The van der Waals surface area contributed by atoms with Crippen molar-refractivity contribution in [3.05, 3.63) is 71.8 Å². The third kappa shape index (κ3) is 6.25. The van der Waals surface area contributed by atoms with E-state index in [1.54, 1.807) is 60.7 Å². The first-order valence-electron chi connectivity index (χ1n) is 10.0. The molecule has 0 unspecified atom stereocenters. The van der Waals surface area contributed by atoms with Gasteiger partial charge in [-0.1, -0.05) is 43.3 Å². The summed E-state index contributed by atoms with van der Waals surface area (Å²) in [5.74, 6) is -1.50. The Morgan fingerprint density at radius 3 is 2.06 bits per heavy atom. The first-order chi connectivity index (χ1) is 15.5.